The Morgan fingerprint density at radius 3 is 1.78 bits per heavy atom. The molecular formula is C71H96ClFN14O13. The SMILES string of the molecule is CCCC[C@@H]1NC(=O)[C@H](CCCC)NC(=O)[C@H](C)N(C)C(=O)C[C@@H](C(=O)N2CCCC2)NC(=O)[C@@H]2CCCN2C(=O)[C@H](Cc2cccnc2)N(C)C(=O)[C@H](COCc2cncc(F)c2)NC(=O)[C@H](Cc2cccnc2)N(C)C(=O)[C@H](COc2ccccc2Cl)NC(=O)[C@H]([C@@H](C)CC)NC1=O. The number of carbonyl (C=O) groups is 11. The molecule has 0 radical (unpaired) electrons. The number of para-hydroxylation sites is 1. The topological polar surface area (TPSA) is 333 Å². The quantitative estimate of drug-likeness (QED) is 0.0736. The number of likely N-dealkylation sites (N-methyl/N-ethyl adjacent to an activating group) is 3. The van der Waals surface area contributed by atoms with Crippen molar-refractivity contribution in [1.29, 1.82) is 0 Å². The molecule has 29 heteroatoms. The number of unbranched alkanes of at least 4 members (excludes halogenated alkanes) is 2. The van der Waals surface area contributed by atoms with Gasteiger partial charge in [-0.15, -0.1) is 0 Å². The number of pyridine rings is 3. The number of hydrogen-bond donors (Lipinski definition) is 6. The first kappa shape index (κ1) is 78.2. The Bertz CT molecular complexity index is 3470. The Morgan fingerprint density at radius 2 is 1.18 bits per heavy atom. The number of fused-ring (bicyclic) bond motifs is 1. The van der Waals surface area contributed by atoms with Crippen LogP contribution in [-0.2, 0) is 76.9 Å². The van der Waals surface area contributed by atoms with E-state index in [2.05, 4.69) is 46.9 Å². The van der Waals surface area contributed by atoms with Crippen molar-refractivity contribution >= 4 is 76.6 Å². The predicted molar refractivity (Wildman–Crippen MR) is 367 cm³/mol. The third kappa shape index (κ3) is 21.7. The monoisotopic (exact) mass is 1410 g/mol. The number of benzene rings is 1. The molecule has 542 valence electrons. The third-order valence-corrected chi connectivity index (χ3v) is 19.0. The zero-order valence-corrected chi connectivity index (χ0v) is 59.1. The number of carbonyl (C=O) groups excluding carboxylic acids is 11. The van der Waals surface area contributed by atoms with Crippen LogP contribution in [0.1, 0.15) is 128 Å². The fourth-order valence-electron chi connectivity index (χ4n) is 12.2. The fraction of sp³-hybridized carbons (Fsp3) is 0.549. The van der Waals surface area contributed by atoms with Gasteiger partial charge < -0.3 is 65.9 Å². The van der Waals surface area contributed by atoms with Crippen molar-refractivity contribution in [2.45, 2.75) is 192 Å². The number of nitrogens with zero attached hydrogens (tertiary/aromatic N) is 8. The Kier molecular flexibility index (Phi) is 30.0. The number of amides is 11. The molecule has 6 heterocycles. The minimum atomic E-state index is -1.68. The molecule has 3 aromatic heterocycles. The van der Waals surface area contributed by atoms with Crippen molar-refractivity contribution in [2.75, 3.05) is 54.0 Å². The van der Waals surface area contributed by atoms with E-state index in [4.69, 9.17) is 21.1 Å². The summed E-state index contributed by atoms with van der Waals surface area (Å²) in [7, 11) is 4.02. The van der Waals surface area contributed by atoms with E-state index >= 15 is 24.0 Å². The Hall–Kier alpha value is -9.18. The van der Waals surface area contributed by atoms with Gasteiger partial charge in [0.25, 0.3) is 0 Å². The summed E-state index contributed by atoms with van der Waals surface area (Å²) in [6.07, 6.45) is 11.8. The lowest BCUT2D eigenvalue weighted by Crippen LogP contribution is -2.62. The molecule has 4 aromatic rings. The van der Waals surface area contributed by atoms with Gasteiger partial charge in [0.1, 0.15) is 78.6 Å². The van der Waals surface area contributed by atoms with Gasteiger partial charge in [0, 0.05) is 84.6 Å². The summed E-state index contributed by atoms with van der Waals surface area (Å²) < 4.78 is 26.8. The summed E-state index contributed by atoms with van der Waals surface area (Å²) in [6.45, 7) is 7.96. The second kappa shape index (κ2) is 38.4. The lowest BCUT2D eigenvalue weighted by atomic mass is 9.96. The molecule has 3 aliphatic heterocycles. The van der Waals surface area contributed by atoms with E-state index in [0.29, 0.717) is 75.6 Å². The molecular weight excluding hydrogens is 1310 g/mol. The van der Waals surface area contributed by atoms with Crippen molar-refractivity contribution in [2.24, 2.45) is 5.92 Å². The molecule has 3 fully saturated rings. The smallest absolute Gasteiger partial charge is 0.249 e. The average molecular weight is 1410 g/mol. The summed E-state index contributed by atoms with van der Waals surface area (Å²) in [4.78, 5) is 183. The summed E-state index contributed by atoms with van der Waals surface area (Å²) in [6, 6.07) is 0.121. The van der Waals surface area contributed by atoms with Gasteiger partial charge in [-0.1, -0.05) is 95.7 Å². The molecule has 11 amide bonds. The molecule has 3 aliphatic rings. The van der Waals surface area contributed by atoms with Crippen LogP contribution in [0.15, 0.2) is 91.8 Å². The van der Waals surface area contributed by atoms with Crippen LogP contribution in [0.2, 0.25) is 5.02 Å². The summed E-state index contributed by atoms with van der Waals surface area (Å²) in [5.74, 6) is -9.64. The zero-order chi connectivity index (χ0) is 72.6. The minimum absolute atomic E-state index is 0.0233. The highest BCUT2D eigenvalue weighted by Gasteiger charge is 2.44. The second-order valence-electron chi connectivity index (χ2n) is 25.9. The molecule has 6 N–H and O–H groups in total. The number of rotatable bonds is 20. The first-order chi connectivity index (χ1) is 47.9. The number of ether oxygens (including phenoxy) is 2. The second-order valence-corrected chi connectivity index (χ2v) is 26.3. The summed E-state index contributed by atoms with van der Waals surface area (Å²) in [5, 5.41) is 17.0. The van der Waals surface area contributed by atoms with Crippen LogP contribution >= 0.6 is 11.6 Å². The molecule has 100 heavy (non-hydrogen) atoms. The number of aromatic nitrogens is 3. The largest absolute Gasteiger partial charge is 0.489 e. The molecule has 0 spiro atoms. The van der Waals surface area contributed by atoms with Crippen LogP contribution in [0.3, 0.4) is 0 Å². The highest BCUT2D eigenvalue weighted by molar-refractivity contribution is 6.32. The van der Waals surface area contributed by atoms with Crippen LogP contribution in [0, 0.1) is 11.7 Å². The number of likely N-dealkylation sites (tertiary alicyclic amines) is 1. The van der Waals surface area contributed by atoms with Gasteiger partial charge in [0.2, 0.25) is 65.0 Å². The Balaban J connectivity index is 1.35. The van der Waals surface area contributed by atoms with E-state index in [1.54, 1.807) is 62.4 Å². The van der Waals surface area contributed by atoms with Crippen molar-refractivity contribution in [1.82, 2.24) is 71.4 Å². The van der Waals surface area contributed by atoms with Gasteiger partial charge in [0.05, 0.1) is 30.9 Å². The van der Waals surface area contributed by atoms with E-state index in [0.717, 1.165) is 20.9 Å². The van der Waals surface area contributed by atoms with Crippen molar-refractivity contribution in [3.8, 4) is 5.75 Å². The van der Waals surface area contributed by atoms with Gasteiger partial charge in [-0.2, -0.15) is 0 Å². The minimum Gasteiger partial charge on any atom is -0.489 e. The van der Waals surface area contributed by atoms with Crippen LogP contribution in [0.4, 0.5) is 4.39 Å². The lowest BCUT2D eigenvalue weighted by molar-refractivity contribution is -0.150. The first-order valence-corrected chi connectivity index (χ1v) is 34.8. The fourth-order valence-corrected chi connectivity index (χ4v) is 12.4. The predicted octanol–water partition coefficient (Wildman–Crippen LogP) is 3.60. The normalized spacial score (nSPS) is 24.5. The molecule has 1 aromatic carbocycles. The number of halogens is 2. The maximum atomic E-state index is 15.6. The molecule has 3 saturated heterocycles. The Morgan fingerprint density at radius 1 is 0.610 bits per heavy atom. The zero-order valence-electron chi connectivity index (χ0n) is 58.3. The van der Waals surface area contributed by atoms with Crippen molar-refractivity contribution in [3.05, 3.63) is 119 Å². The molecule has 0 bridgehead atoms. The lowest BCUT2D eigenvalue weighted by Gasteiger charge is -2.36. The molecule has 11 atom stereocenters. The van der Waals surface area contributed by atoms with E-state index in [1.165, 1.54) is 74.9 Å². The molecule has 7 rings (SSSR count). The highest BCUT2D eigenvalue weighted by Crippen LogP contribution is 2.26. The van der Waals surface area contributed by atoms with Gasteiger partial charge in [-0.3, -0.25) is 67.7 Å². The third-order valence-electron chi connectivity index (χ3n) is 18.7. The van der Waals surface area contributed by atoms with Gasteiger partial charge in [-0.25, -0.2) is 4.39 Å². The highest BCUT2D eigenvalue weighted by atomic mass is 35.5. The van der Waals surface area contributed by atoms with Crippen LogP contribution in [-0.4, -0.2) is 219 Å². The maximum Gasteiger partial charge on any atom is 0.249 e. The maximum absolute atomic E-state index is 15.6. The Labute approximate surface area is 588 Å². The van der Waals surface area contributed by atoms with E-state index in [1.807, 2.05) is 13.8 Å². The summed E-state index contributed by atoms with van der Waals surface area (Å²) >= 11 is 6.57. The van der Waals surface area contributed by atoms with E-state index in [9.17, 15) is 33.2 Å². The van der Waals surface area contributed by atoms with Gasteiger partial charge in [-0.05, 0) is 98.4 Å². The van der Waals surface area contributed by atoms with Crippen molar-refractivity contribution in [3.63, 3.8) is 0 Å². The van der Waals surface area contributed by atoms with Gasteiger partial charge >= 0.3 is 0 Å². The van der Waals surface area contributed by atoms with Crippen LogP contribution < -0.4 is 36.6 Å². The number of nitrogens with one attached hydrogen (secondary N) is 6. The number of hydrogen-bond acceptors (Lipinski definition) is 16. The molecule has 0 aliphatic carbocycles. The summed E-state index contributed by atoms with van der Waals surface area (Å²) in [5.41, 5.74) is 1.21. The first-order valence-electron chi connectivity index (χ1n) is 34.5. The molecule has 0 saturated carbocycles. The molecule has 0 unspecified atom stereocenters. The van der Waals surface area contributed by atoms with Crippen LogP contribution in [0.5, 0.6) is 5.75 Å². The molecule has 27 nitrogen and oxygen atoms in total. The standard InChI is InChI=1S/C71H96ClFN14O13/c1-9-12-24-51-63(90)78-52(25-13-10-2)64(91)82-61(44(4)11-3)67(94)81-55(43-100-59-27-15-14-23-50(59)72)69(96)84(7)57(34-46-21-18-28-74-37-46)66(93)80-54(42-99-41-48-33-49(73)40-76-39-48)68(95)85(8)58(35-47-22-19-29-75-38-47)71(98)87-32-20-26-56(87)65(92)79-53(70(97)86-30-16-17-31-86)36-60(88)83(6)45(5)62(89)77-51/h14-15,18-19,21-23,27-29,33,37-40,44-45,51-58,61H,9-13,16-17,20,24-26,30-32,34-36,41-43H2,1-8H3,(H,77,89)(H,78,90)(H,79,92)(H,80,93)(H,81,94)(H,82,91)/t44-,45-,51-,52-,53-,54-,55-,56-,57-,58-,61-/m0/s1. The van der Waals surface area contributed by atoms with E-state index < -0.39 is 157 Å². The van der Waals surface area contributed by atoms with Gasteiger partial charge in [0.15, 0.2) is 0 Å². The van der Waals surface area contributed by atoms with Crippen molar-refractivity contribution < 1.29 is 66.6 Å². The average Bonchev–Trinajstić information content (AvgIpc) is 1.37. The van der Waals surface area contributed by atoms with E-state index in [-0.39, 0.29) is 61.6 Å². The van der Waals surface area contributed by atoms with Crippen LogP contribution in [0.25, 0.3) is 0 Å².